The van der Waals surface area contributed by atoms with Crippen LogP contribution in [-0.2, 0) is 0 Å². The highest BCUT2D eigenvalue weighted by Gasteiger charge is 2.27. The molecule has 2 rings (SSSR count). The summed E-state index contributed by atoms with van der Waals surface area (Å²) in [5.74, 6) is -0.892. The molecule has 1 unspecified atom stereocenters. The third-order valence-electron chi connectivity index (χ3n) is 3.56. The molecule has 1 heterocycles. The maximum Gasteiger partial charge on any atom is 0.252 e. The lowest BCUT2D eigenvalue weighted by molar-refractivity contribution is 0.0924. The summed E-state index contributed by atoms with van der Waals surface area (Å²) < 4.78 is 13.3. The number of nitrogens with one attached hydrogen (secondary N) is 2. The second-order valence-corrected chi connectivity index (χ2v) is 5.75. The van der Waals surface area contributed by atoms with E-state index in [0.717, 1.165) is 25.9 Å². The third-order valence-corrected chi connectivity index (χ3v) is 3.94. The maximum atomic E-state index is 13.3. The molecule has 0 bridgehead atoms. The molecule has 1 aliphatic heterocycles. The largest absolute Gasteiger partial charge is 0.351 e. The van der Waals surface area contributed by atoms with Gasteiger partial charge in [-0.05, 0) is 36.9 Å². The SMILES string of the molecule is CC1(CNC(=O)c2cccc(F)c2Cl)CCCNC1.Cl. The Morgan fingerprint density at radius 2 is 2.30 bits per heavy atom. The Balaban J connectivity index is 0.00000200. The van der Waals surface area contributed by atoms with E-state index in [1.54, 1.807) is 0 Å². The van der Waals surface area contributed by atoms with Crippen LogP contribution in [0.2, 0.25) is 5.02 Å². The zero-order valence-electron chi connectivity index (χ0n) is 11.3. The second-order valence-electron chi connectivity index (χ2n) is 5.38. The Labute approximate surface area is 129 Å². The molecule has 1 aromatic carbocycles. The summed E-state index contributed by atoms with van der Waals surface area (Å²) >= 11 is 5.80. The minimum atomic E-state index is -0.570. The molecule has 1 aromatic rings. The predicted octanol–water partition coefficient (Wildman–Crippen LogP) is 3.02. The summed E-state index contributed by atoms with van der Waals surface area (Å²) in [4.78, 5) is 12.0. The van der Waals surface area contributed by atoms with Gasteiger partial charge in [0.1, 0.15) is 5.82 Å². The molecular weight excluding hydrogens is 302 g/mol. The Hall–Kier alpha value is -0.840. The topological polar surface area (TPSA) is 41.1 Å². The van der Waals surface area contributed by atoms with Gasteiger partial charge in [0.2, 0.25) is 0 Å². The Kier molecular flexibility index (Phi) is 6.24. The summed E-state index contributed by atoms with van der Waals surface area (Å²) in [7, 11) is 0. The van der Waals surface area contributed by atoms with E-state index in [2.05, 4.69) is 17.6 Å². The Morgan fingerprint density at radius 1 is 1.55 bits per heavy atom. The van der Waals surface area contributed by atoms with Crippen molar-refractivity contribution in [2.24, 2.45) is 5.41 Å². The first-order valence-electron chi connectivity index (χ1n) is 6.45. The molecule has 0 saturated carbocycles. The molecule has 0 spiro atoms. The van der Waals surface area contributed by atoms with Crippen LogP contribution in [0, 0.1) is 11.2 Å². The Bertz CT molecular complexity index is 476. The highest BCUT2D eigenvalue weighted by Crippen LogP contribution is 2.25. The summed E-state index contributed by atoms with van der Waals surface area (Å²) in [6.45, 7) is 4.60. The number of hydrogen-bond donors (Lipinski definition) is 2. The lowest BCUT2D eigenvalue weighted by Gasteiger charge is -2.34. The number of amides is 1. The zero-order valence-corrected chi connectivity index (χ0v) is 12.9. The van der Waals surface area contributed by atoms with Crippen LogP contribution in [0.25, 0.3) is 0 Å². The van der Waals surface area contributed by atoms with Gasteiger partial charge in [0.15, 0.2) is 0 Å². The Morgan fingerprint density at radius 3 is 2.95 bits per heavy atom. The number of halogens is 3. The van der Waals surface area contributed by atoms with Crippen LogP contribution < -0.4 is 10.6 Å². The van der Waals surface area contributed by atoms with Gasteiger partial charge in [-0.15, -0.1) is 12.4 Å². The molecule has 0 radical (unpaired) electrons. The van der Waals surface area contributed by atoms with Crippen molar-refractivity contribution in [2.45, 2.75) is 19.8 Å². The first-order valence-corrected chi connectivity index (χ1v) is 6.83. The number of hydrogen-bond acceptors (Lipinski definition) is 2. The fraction of sp³-hybridized carbons (Fsp3) is 0.500. The lowest BCUT2D eigenvalue weighted by Crippen LogP contribution is -2.45. The molecule has 2 N–H and O–H groups in total. The molecule has 1 aliphatic rings. The summed E-state index contributed by atoms with van der Waals surface area (Å²) in [6, 6.07) is 4.26. The van der Waals surface area contributed by atoms with Gasteiger partial charge in [0, 0.05) is 13.1 Å². The van der Waals surface area contributed by atoms with Crippen molar-refractivity contribution in [2.75, 3.05) is 19.6 Å². The molecule has 20 heavy (non-hydrogen) atoms. The van der Waals surface area contributed by atoms with Crippen LogP contribution in [0.15, 0.2) is 18.2 Å². The van der Waals surface area contributed by atoms with Crippen molar-refractivity contribution in [3.8, 4) is 0 Å². The highest BCUT2D eigenvalue weighted by atomic mass is 35.5. The number of carbonyl (C=O) groups excluding carboxylic acids is 1. The molecule has 112 valence electrons. The second kappa shape index (κ2) is 7.25. The van der Waals surface area contributed by atoms with Crippen molar-refractivity contribution < 1.29 is 9.18 Å². The van der Waals surface area contributed by atoms with Crippen LogP contribution >= 0.6 is 24.0 Å². The van der Waals surface area contributed by atoms with Gasteiger partial charge in [0.25, 0.3) is 5.91 Å². The lowest BCUT2D eigenvalue weighted by atomic mass is 9.83. The molecule has 1 amide bonds. The zero-order chi connectivity index (χ0) is 13.9. The minimum absolute atomic E-state index is 0. The van der Waals surface area contributed by atoms with Gasteiger partial charge in [0.05, 0.1) is 10.6 Å². The average Bonchev–Trinajstić information content (AvgIpc) is 2.40. The summed E-state index contributed by atoms with van der Waals surface area (Å²) in [6.07, 6.45) is 2.17. The molecule has 0 aromatic heterocycles. The van der Waals surface area contributed by atoms with Gasteiger partial charge in [-0.1, -0.05) is 24.6 Å². The van der Waals surface area contributed by atoms with Crippen molar-refractivity contribution in [1.29, 1.82) is 0 Å². The van der Waals surface area contributed by atoms with E-state index in [-0.39, 0.29) is 34.3 Å². The van der Waals surface area contributed by atoms with Crippen molar-refractivity contribution >= 4 is 29.9 Å². The molecule has 6 heteroatoms. The van der Waals surface area contributed by atoms with Crippen LogP contribution in [0.1, 0.15) is 30.1 Å². The van der Waals surface area contributed by atoms with Crippen molar-refractivity contribution in [3.63, 3.8) is 0 Å². The molecule has 1 fully saturated rings. The van der Waals surface area contributed by atoms with E-state index < -0.39 is 5.82 Å². The number of benzene rings is 1. The molecule has 0 aliphatic carbocycles. The normalized spacial score (nSPS) is 21.9. The summed E-state index contributed by atoms with van der Waals surface area (Å²) in [5.41, 5.74) is 0.238. The molecule has 1 saturated heterocycles. The van der Waals surface area contributed by atoms with E-state index in [1.807, 2.05) is 0 Å². The van der Waals surface area contributed by atoms with Crippen LogP contribution in [0.5, 0.6) is 0 Å². The van der Waals surface area contributed by atoms with Crippen molar-refractivity contribution in [3.05, 3.63) is 34.6 Å². The monoisotopic (exact) mass is 320 g/mol. The number of carbonyl (C=O) groups is 1. The molecular formula is C14H19Cl2FN2O. The number of piperidine rings is 1. The van der Waals surface area contributed by atoms with E-state index >= 15 is 0 Å². The average molecular weight is 321 g/mol. The van der Waals surface area contributed by atoms with Gasteiger partial charge in [-0.2, -0.15) is 0 Å². The fourth-order valence-corrected chi connectivity index (χ4v) is 2.55. The van der Waals surface area contributed by atoms with Gasteiger partial charge < -0.3 is 10.6 Å². The van der Waals surface area contributed by atoms with E-state index in [1.165, 1.54) is 18.2 Å². The highest BCUT2D eigenvalue weighted by molar-refractivity contribution is 6.34. The van der Waals surface area contributed by atoms with Gasteiger partial charge >= 0.3 is 0 Å². The van der Waals surface area contributed by atoms with Crippen LogP contribution in [0.4, 0.5) is 4.39 Å². The standard InChI is InChI=1S/C14H18ClFN2O.ClH/c1-14(6-3-7-17-8-14)9-18-13(19)10-4-2-5-11(16)12(10)15;/h2,4-5,17H,3,6-9H2,1H3,(H,18,19);1H. The fourth-order valence-electron chi connectivity index (χ4n) is 2.34. The summed E-state index contributed by atoms with van der Waals surface area (Å²) in [5, 5.41) is 6.05. The van der Waals surface area contributed by atoms with Gasteiger partial charge in [-0.25, -0.2) is 4.39 Å². The van der Waals surface area contributed by atoms with Crippen LogP contribution in [-0.4, -0.2) is 25.5 Å². The predicted molar refractivity (Wildman–Crippen MR) is 81.2 cm³/mol. The van der Waals surface area contributed by atoms with E-state index in [9.17, 15) is 9.18 Å². The maximum absolute atomic E-state index is 13.3. The third kappa shape index (κ3) is 4.08. The van der Waals surface area contributed by atoms with Gasteiger partial charge in [-0.3, -0.25) is 4.79 Å². The van der Waals surface area contributed by atoms with Crippen molar-refractivity contribution in [1.82, 2.24) is 10.6 Å². The first kappa shape index (κ1) is 17.2. The number of rotatable bonds is 3. The molecule has 3 nitrogen and oxygen atoms in total. The minimum Gasteiger partial charge on any atom is -0.351 e. The van der Waals surface area contributed by atoms with Crippen LogP contribution in [0.3, 0.4) is 0 Å². The van der Waals surface area contributed by atoms with E-state index in [0.29, 0.717) is 6.54 Å². The smallest absolute Gasteiger partial charge is 0.252 e. The first-order chi connectivity index (χ1) is 9.02. The quantitative estimate of drug-likeness (QED) is 0.898. The van der Waals surface area contributed by atoms with E-state index in [4.69, 9.17) is 11.6 Å². The molecule has 1 atom stereocenters.